The number of rotatable bonds is 8. The molecule has 6 nitrogen and oxygen atoms in total. The number of pyridine rings is 3. The fourth-order valence-electron chi connectivity index (χ4n) is 18.8. The third-order valence-electron chi connectivity index (χ3n) is 24.5. The molecular formula is C108H77Ir3N6-3. The van der Waals surface area contributed by atoms with Crippen molar-refractivity contribution in [1.82, 2.24) is 28.7 Å². The Hall–Kier alpha value is -12.1. The van der Waals surface area contributed by atoms with Crippen molar-refractivity contribution < 1.29 is 60.3 Å². The third-order valence-corrected chi connectivity index (χ3v) is 24.5. The molecule has 0 fully saturated rings. The zero-order valence-electron chi connectivity index (χ0n) is 65.2. The van der Waals surface area contributed by atoms with E-state index in [0.717, 1.165) is 50.7 Å². The van der Waals surface area contributed by atoms with Gasteiger partial charge in [0.1, 0.15) is 0 Å². The summed E-state index contributed by atoms with van der Waals surface area (Å²) >= 11 is 0. The molecule has 0 bridgehead atoms. The van der Waals surface area contributed by atoms with Crippen molar-refractivity contribution in [3.63, 3.8) is 0 Å². The molecule has 14 aromatic carbocycles. The van der Waals surface area contributed by atoms with Crippen LogP contribution in [0, 0.1) is 18.2 Å². The van der Waals surface area contributed by atoms with Crippen LogP contribution in [0.25, 0.3) is 172 Å². The van der Waals surface area contributed by atoms with Gasteiger partial charge in [0, 0.05) is 133 Å². The quantitative estimate of drug-likeness (QED) is 0.143. The fourth-order valence-corrected chi connectivity index (χ4v) is 18.8. The van der Waals surface area contributed by atoms with Crippen LogP contribution < -0.4 is 0 Å². The van der Waals surface area contributed by atoms with Crippen LogP contribution in [-0.4, -0.2) is 28.7 Å². The van der Waals surface area contributed by atoms with Gasteiger partial charge in [0.25, 0.3) is 0 Å². The zero-order chi connectivity index (χ0) is 76.6. The Balaban J connectivity index is 0.000000120. The van der Waals surface area contributed by atoms with E-state index in [-0.39, 0.29) is 76.6 Å². The Labute approximate surface area is 722 Å². The molecule has 3 radical (unpaired) electrons. The van der Waals surface area contributed by atoms with Crippen LogP contribution in [0.1, 0.15) is 74.9 Å². The molecule has 23 rings (SSSR count). The van der Waals surface area contributed by atoms with Gasteiger partial charge in [-0.05, 0) is 209 Å². The van der Waals surface area contributed by atoms with Crippen molar-refractivity contribution in [2.45, 2.75) is 57.8 Å². The molecule has 0 N–H and O–H groups in total. The van der Waals surface area contributed by atoms with Crippen molar-refractivity contribution in [3.8, 4) is 106 Å². The summed E-state index contributed by atoms with van der Waals surface area (Å²) in [5.41, 5.74) is 37.6. The van der Waals surface area contributed by atoms with Crippen LogP contribution >= 0.6 is 0 Å². The molecule has 0 spiro atoms. The number of fused-ring (bicyclic) bond motifs is 18. The maximum absolute atomic E-state index is 4.57. The predicted octanol–water partition coefficient (Wildman–Crippen LogP) is 27.2. The van der Waals surface area contributed by atoms with Crippen LogP contribution in [0.3, 0.4) is 0 Å². The van der Waals surface area contributed by atoms with Gasteiger partial charge in [-0.3, -0.25) is 0 Å². The first kappa shape index (κ1) is 76.2. The summed E-state index contributed by atoms with van der Waals surface area (Å²) in [5, 5.41) is 7.63. The van der Waals surface area contributed by atoms with Crippen molar-refractivity contribution in [2.75, 3.05) is 0 Å². The molecule has 0 atom stereocenters. The van der Waals surface area contributed by atoms with Crippen molar-refractivity contribution >= 4 is 65.4 Å². The van der Waals surface area contributed by atoms with Gasteiger partial charge in [-0.2, -0.15) is 0 Å². The summed E-state index contributed by atoms with van der Waals surface area (Å²) in [4.78, 5) is 13.7. The molecule has 20 aromatic rings. The van der Waals surface area contributed by atoms with E-state index in [1.165, 1.54) is 155 Å². The van der Waals surface area contributed by atoms with Gasteiger partial charge in [-0.1, -0.05) is 230 Å². The van der Waals surface area contributed by atoms with Crippen LogP contribution in [0.5, 0.6) is 0 Å². The summed E-state index contributed by atoms with van der Waals surface area (Å²) in [6.07, 6.45) is 5.50. The molecule has 0 amide bonds. The molecule has 9 heteroatoms. The smallest absolute Gasteiger partial charge is 0.0544 e. The molecule has 0 saturated carbocycles. The average Bonchev–Trinajstić information content (AvgIpc) is 1.54. The van der Waals surface area contributed by atoms with E-state index < -0.39 is 0 Å². The summed E-state index contributed by atoms with van der Waals surface area (Å²) in [6, 6.07) is 132. The van der Waals surface area contributed by atoms with Crippen LogP contribution in [0.2, 0.25) is 0 Å². The number of hydrogen-bond donors (Lipinski definition) is 0. The number of aromatic nitrogens is 6. The molecule has 0 unspecified atom stereocenters. The first-order chi connectivity index (χ1) is 55.8. The second kappa shape index (κ2) is 30.2. The molecular weight excluding hydrogens is 1960 g/mol. The number of hydrogen-bond acceptors (Lipinski definition) is 3. The number of benzene rings is 14. The van der Waals surface area contributed by atoms with Crippen LogP contribution in [0.15, 0.2) is 358 Å². The minimum absolute atomic E-state index is 0. The minimum atomic E-state index is -0.117. The molecule has 569 valence electrons. The predicted molar refractivity (Wildman–Crippen MR) is 472 cm³/mol. The first-order valence-electron chi connectivity index (χ1n) is 39.4. The van der Waals surface area contributed by atoms with E-state index >= 15 is 0 Å². The number of para-hydroxylation sites is 3. The van der Waals surface area contributed by atoms with Crippen molar-refractivity contribution in [2.24, 2.45) is 0 Å². The SMILES string of the molecule is CC1(C)c2cc(-c3ccccc3)ccc2-c2cc3c4ccccc4n(-c4cc[c-]c(-c5ccccn5)c4)c3cc21.CC1(C)c2ccccc2-c2cc3c4cc(-c5cc[c-]c(-c6ccccn6)c5)ccc4n(-c4ccccc4)c3cc21.CC1(C)c2ccccc2-c2cc3c4ccccc4n(-c4cc[c-]c(-c5ccccn5)c4)c3cc21.[Ir].[Ir].[Ir]. The maximum Gasteiger partial charge on any atom is 0.0544 e. The molecule has 3 aliphatic carbocycles. The van der Waals surface area contributed by atoms with Gasteiger partial charge >= 0.3 is 0 Å². The molecule has 117 heavy (non-hydrogen) atoms. The van der Waals surface area contributed by atoms with E-state index in [2.05, 4.69) is 355 Å². The monoisotopic (exact) mass is 2040 g/mol. The fraction of sp³-hybridized carbons (Fsp3) is 0.0833. The Morgan fingerprint density at radius 1 is 0.222 bits per heavy atom. The summed E-state index contributed by atoms with van der Waals surface area (Å²) < 4.78 is 7.22. The Bertz CT molecular complexity index is 7240. The standard InChI is InChI=1S/2C38H27N2.C32H23N2.3Ir/c1-38(2)33-16-7-6-15-29(33)30-23-32-31-22-26(25-11-10-12-27(21-25)35-17-8-9-20-39-35)18-19-36(31)40(37(32)24-34(30)38)28-13-4-3-5-14-28;1-38(2)33-22-26(25-11-4-3-5-12-25)18-19-29(33)31-23-32-30-15-6-7-17-36(30)40(37(32)24-34(31)38)28-14-10-13-27(21-28)35-16-8-9-20-39-35;1-32(2)27-14-5-3-12-23(27)25-19-26-24-13-4-6-16-30(24)34(31(26)20-28(25)32)22-11-9-10-21(18-22)29-15-7-8-17-33-29;;;/h3-11,13-24H,1-2H3;3-12,14-24H,1-2H3;3-9,11-20H,1-2H3;;;/q3*-1;;;. The summed E-state index contributed by atoms with van der Waals surface area (Å²) in [7, 11) is 0. The average molecular weight is 2040 g/mol. The van der Waals surface area contributed by atoms with Gasteiger partial charge < -0.3 is 28.7 Å². The van der Waals surface area contributed by atoms with Crippen LogP contribution in [0.4, 0.5) is 0 Å². The summed E-state index contributed by atoms with van der Waals surface area (Å²) in [6.45, 7) is 14.1. The van der Waals surface area contributed by atoms with E-state index in [9.17, 15) is 0 Å². The van der Waals surface area contributed by atoms with Gasteiger partial charge in [-0.15, -0.1) is 95.1 Å². The van der Waals surface area contributed by atoms with E-state index in [4.69, 9.17) is 0 Å². The minimum Gasteiger partial charge on any atom is -0.327 e. The molecule has 0 aliphatic heterocycles. The molecule has 3 aliphatic rings. The number of nitrogens with zero attached hydrogens (tertiary/aromatic N) is 6. The maximum atomic E-state index is 4.57. The van der Waals surface area contributed by atoms with Gasteiger partial charge in [0.2, 0.25) is 0 Å². The van der Waals surface area contributed by atoms with Gasteiger partial charge in [-0.25, -0.2) is 0 Å². The Kier molecular flexibility index (Phi) is 19.6. The van der Waals surface area contributed by atoms with Gasteiger partial charge in [0.05, 0.1) is 33.1 Å². The first-order valence-corrected chi connectivity index (χ1v) is 39.4. The van der Waals surface area contributed by atoms with Crippen LogP contribution in [-0.2, 0) is 76.6 Å². The Morgan fingerprint density at radius 2 is 0.573 bits per heavy atom. The van der Waals surface area contributed by atoms with E-state index in [0.29, 0.717) is 0 Å². The van der Waals surface area contributed by atoms with Crippen molar-refractivity contribution in [3.05, 3.63) is 410 Å². The van der Waals surface area contributed by atoms with E-state index in [1.54, 1.807) is 0 Å². The zero-order valence-corrected chi connectivity index (χ0v) is 72.4. The molecule has 6 aromatic heterocycles. The Morgan fingerprint density at radius 3 is 1.06 bits per heavy atom. The van der Waals surface area contributed by atoms with E-state index in [1.807, 2.05) is 91.4 Å². The normalized spacial score (nSPS) is 13.2. The molecule has 6 heterocycles. The summed E-state index contributed by atoms with van der Waals surface area (Å²) in [5.74, 6) is 0. The second-order valence-corrected chi connectivity index (χ2v) is 32.0. The topological polar surface area (TPSA) is 53.5 Å². The third kappa shape index (κ3) is 12.7. The van der Waals surface area contributed by atoms with Gasteiger partial charge in [0.15, 0.2) is 0 Å². The van der Waals surface area contributed by atoms with Crippen molar-refractivity contribution in [1.29, 1.82) is 0 Å². The second-order valence-electron chi connectivity index (χ2n) is 32.0. The molecule has 0 saturated heterocycles. The largest absolute Gasteiger partial charge is 0.327 e.